The number of likely N-dealkylation sites (N-methyl/N-ethyl adjacent to an activating group) is 1. The molecule has 0 radical (unpaired) electrons. The Bertz CT molecular complexity index is 593. The zero-order valence-corrected chi connectivity index (χ0v) is 19.8. The first-order valence-corrected chi connectivity index (χ1v) is 9.59. The summed E-state index contributed by atoms with van der Waals surface area (Å²) in [5.74, 6) is 0.908. The molecule has 1 saturated carbocycles. The predicted molar refractivity (Wildman–Crippen MR) is 121 cm³/mol. The first-order chi connectivity index (χ1) is 11.8. The van der Waals surface area contributed by atoms with Crippen LogP contribution < -0.4 is 10.6 Å². The number of halogens is 1. The van der Waals surface area contributed by atoms with Gasteiger partial charge in [-0.25, -0.2) is 0 Å². The monoisotopic (exact) mass is 476 g/mol. The van der Waals surface area contributed by atoms with Crippen molar-refractivity contribution in [3.63, 3.8) is 0 Å². The molecule has 1 fully saturated rings. The van der Waals surface area contributed by atoms with E-state index in [4.69, 9.17) is 4.99 Å². The summed E-state index contributed by atoms with van der Waals surface area (Å²) in [6.07, 6.45) is 3.63. The summed E-state index contributed by atoms with van der Waals surface area (Å²) in [6, 6.07) is 1.55. The summed E-state index contributed by atoms with van der Waals surface area (Å²) < 4.78 is 1.96. The van der Waals surface area contributed by atoms with Crippen molar-refractivity contribution in [1.82, 2.24) is 25.3 Å². The van der Waals surface area contributed by atoms with Crippen LogP contribution >= 0.6 is 24.0 Å². The van der Waals surface area contributed by atoms with Crippen LogP contribution in [0, 0.1) is 13.8 Å². The number of hydrogen-bond acceptors (Lipinski definition) is 3. The largest absolute Gasteiger partial charge is 0.357 e. The molecule has 150 valence electrons. The number of rotatable bonds is 8. The molecular formula is C19H37IN6. The zero-order valence-electron chi connectivity index (χ0n) is 17.5. The second kappa shape index (κ2) is 10.5. The van der Waals surface area contributed by atoms with E-state index in [2.05, 4.69) is 62.3 Å². The molecule has 0 saturated heterocycles. The fraction of sp³-hybridized carbons (Fsp3) is 0.789. The van der Waals surface area contributed by atoms with Gasteiger partial charge in [-0.15, -0.1) is 24.0 Å². The smallest absolute Gasteiger partial charge is 0.191 e. The molecule has 0 aliphatic heterocycles. The van der Waals surface area contributed by atoms with Gasteiger partial charge in [0.15, 0.2) is 5.96 Å². The Labute approximate surface area is 176 Å². The SMILES string of the molecule is CCNC(=NCC(C)N(C)C1CC1)NC(C)Cc1c(C)nn(C)c1C.I. The zero-order chi connectivity index (χ0) is 18.6. The Hall–Kier alpha value is -0.830. The van der Waals surface area contributed by atoms with Gasteiger partial charge < -0.3 is 10.6 Å². The molecule has 1 aliphatic carbocycles. The van der Waals surface area contributed by atoms with Crippen LogP contribution in [0.3, 0.4) is 0 Å². The van der Waals surface area contributed by atoms with Crippen LogP contribution in [0.1, 0.15) is 50.6 Å². The highest BCUT2D eigenvalue weighted by Crippen LogP contribution is 2.26. The van der Waals surface area contributed by atoms with E-state index in [0.29, 0.717) is 12.1 Å². The predicted octanol–water partition coefficient (Wildman–Crippen LogP) is 2.62. The maximum atomic E-state index is 4.81. The van der Waals surface area contributed by atoms with Crippen molar-refractivity contribution in [2.24, 2.45) is 12.0 Å². The van der Waals surface area contributed by atoms with Gasteiger partial charge in [0.05, 0.1) is 12.2 Å². The second-order valence-corrected chi connectivity index (χ2v) is 7.49. The Morgan fingerprint density at radius 1 is 1.35 bits per heavy atom. The molecule has 1 aliphatic rings. The molecule has 0 bridgehead atoms. The van der Waals surface area contributed by atoms with Gasteiger partial charge in [-0.3, -0.25) is 14.6 Å². The average Bonchev–Trinajstić information content (AvgIpc) is 3.37. The van der Waals surface area contributed by atoms with Crippen molar-refractivity contribution in [1.29, 1.82) is 0 Å². The van der Waals surface area contributed by atoms with Crippen LogP contribution in [0.15, 0.2) is 4.99 Å². The molecular weight excluding hydrogens is 439 g/mol. The van der Waals surface area contributed by atoms with E-state index in [0.717, 1.165) is 37.2 Å². The van der Waals surface area contributed by atoms with E-state index in [1.165, 1.54) is 24.1 Å². The molecule has 1 aromatic rings. The van der Waals surface area contributed by atoms with E-state index in [1.807, 2.05) is 11.7 Å². The summed E-state index contributed by atoms with van der Waals surface area (Å²) in [7, 11) is 4.22. The van der Waals surface area contributed by atoms with E-state index < -0.39 is 0 Å². The Balaban J connectivity index is 0.00000338. The van der Waals surface area contributed by atoms with Gasteiger partial charge >= 0.3 is 0 Å². The van der Waals surface area contributed by atoms with Crippen molar-refractivity contribution in [2.75, 3.05) is 20.1 Å². The van der Waals surface area contributed by atoms with Gasteiger partial charge in [0.2, 0.25) is 0 Å². The van der Waals surface area contributed by atoms with Gasteiger partial charge in [0.1, 0.15) is 0 Å². The van der Waals surface area contributed by atoms with Crippen LogP contribution in [-0.2, 0) is 13.5 Å². The molecule has 0 aromatic carbocycles. The van der Waals surface area contributed by atoms with Crippen molar-refractivity contribution in [3.8, 4) is 0 Å². The van der Waals surface area contributed by atoms with Crippen molar-refractivity contribution in [2.45, 2.75) is 72.0 Å². The first kappa shape index (κ1) is 23.2. The van der Waals surface area contributed by atoms with Gasteiger partial charge in [0.25, 0.3) is 0 Å². The molecule has 0 spiro atoms. The highest BCUT2D eigenvalue weighted by atomic mass is 127. The topological polar surface area (TPSA) is 57.5 Å². The maximum absolute atomic E-state index is 4.81. The lowest BCUT2D eigenvalue weighted by atomic mass is 10.1. The Kier molecular flexibility index (Phi) is 9.36. The number of hydrogen-bond donors (Lipinski definition) is 2. The molecule has 2 rings (SSSR count). The number of aromatic nitrogens is 2. The van der Waals surface area contributed by atoms with Gasteiger partial charge in [0, 0.05) is 37.4 Å². The van der Waals surface area contributed by atoms with Crippen molar-refractivity contribution >= 4 is 29.9 Å². The molecule has 1 heterocycles. The fourth-order valence-corrected chi connectivity index (χ4v) is 3.22. The highest BCUT2D eigenvalue weighted by Gasteiger charge is 2.28. The minimum Gasteiger partial charge on any atom is -0.357 e. The van der Waals surface area contributed by atoms with E-state index in [-0.39, 0.29) is 24.0 Å². The normalized spacial score (nSPS) is 17.0. The molecule has 7 heteroatoms. The lowest BCUT2D eigenvalue weighted by Gasteiger charge is -2.24. The summed E-state index contributed by atoms with van der Waals surface area (Å²) in [5, 5.41) is 11.4. The minimum absolute atomic E-state index is 0. The van der Waals surface area contributed by atoms with Crippen LogP contribution in [-0.4, -0.2) is 58.9 Å². The summed E-state index contributed by atoms with van der Waals surface area (Å²) in [6.45, 7) is 12.5. The molecule has 6 nitrogen and oxygen atoms in total. The highest BCUT2D eigenvalue weighted by molar-refractivity contribution is 14.0. The summed E-state index contributed by atoms with van der Waals surface area (Å²) in [5.41, 5.74) is 3.70. The van der Waals surface area contributed by atoms with Gasteiger partial charge in [-0.05, 0) is 66.5 Å². The number of guanidine groups is 1. The minimum atomic E-state index is 0. The molecule has 26 heavy (non-hydrogen) atoms. The lowest BCUT2D eigenvalue weighted by Crippen LogP contribution is -2.44. The maximum Gasteiger partial charge on any atom is 0.191 e. The number of aryl methyl sites for hydroxylation is 2. The van der Waals surface area contributed by atoms with E-state index in [9.17, 15) is 0 Å². The standard InChI is InChI=1S/C19H36N6.HI/c1-8-20-19(21-12-14(3)24(6)17-9-10-17)22-13(2)11-18-15(4)23-25(7)16(18)5;/h13-14,17H,8-12H2,1-7H3,(H2,20,21,22);1H. The lowest BCUT2D eigenvalue weighted by molar-refractivity contribution is 0.253. The third-order valence-corrected chi connectivity index (χ3v) is 5.23. The molecule has 1 aromatic heterocycles. The van der Waals surface area contributed by atoms with Gasteiger partial charge in [-0.2, -0.15) is 5.10 Å². The number of nitrogens with zero attached hydrogens (tertiary/aromatic N) is 4. The van der Waals surface area contributed by atoms with E-state index in [1.54, 1.807) is 0 Å². The molecule has 0 amide bonds. The molecule has 2 N–H and O–H groups in total. The first-order valence-electron chi connectivity index (χ1n) is 9.59. The fourth-order valence-electron chi connectivity index (χ4n) is 3.22. The van der Waals surface area contributed by atoms with Gasteiger partial charge in [-0.1, -0.05) is 0 Å². The van der Waals surface area contributed by atoms with Crippen LogP contribution in [0.25, 0.3) is 0 Å². The average molecular weight is 476 g/mol. The van der Waals surface area contributed by atoms with Crippen LogP contribution in [0.2, 0.25) is 0 Å². The second-order valence-electron chi connectivity index (χ2n) is 7.49. The molecule has 2 atom stereocenters. The number of nitrogens with one attached hydrogen (secondary N) is 2. The Morgan fingerprint density at radius 3 is 2.50 bits per heavy atom. The summed E-state index contributed by atoms with van der Waals surface area (Å²) in [4.78, 5) is 7.27. The van der Waals surface area contributed by atoms with Crippen molar-refractivity contribution in [3.05, 3.63) is 17.0 Å². The molecule has 2 unspecified atom stereocenters. The quantitative estimate of drug-likeness (QED) is 0.344. The van der Waals surface area contributed by atoms with E-state index >= 15 is 0 Å². The van der Waals surface area contributed by atoms with Crippen molar-refractivity contribution < 1.29 is 0 Å². The summed E-state index contributed by atoms with van der Waals surface area (Å²) >= 11 is 0. The number of aliphatic imine (C=N–C) groups is 1. The van der Waals surface area contributed by atoms with Crippen LogP contribution in [0.5, 0.6) is 0 Å². The third kappa shape index (κ3) is 6.40. The Morgan fingerprint density at radius 2 is 2.00 bits per heavy atom. The van der Waals surface area contributed by atoms with Crippen LogP contribution in [0.4, 0.5) is 0 Å². The third-order valence-electron chi connectivity index (χ3n) is 5.23.